The topological polar surface area (TPSA) is 96.6 Å². The van der Waals surface area contributed by atoms with Crippen molar-refractivity contribution in [3.8, 4) is 11.6 Å². The molecule has 0 radical (unpaired) electrons. The molecule has 4 aromatic heterocycles. The molecule has 1 aromatic carbocycles. The maximum atomic E-state index is 6.02. The van der Waals surface area contributed by atoms with E-state index < -0.39 is 0 Å². The van der Waals surface area contributed by atoms with Gasteiger partial charge in [0, 0.05) is 36.4 Å². The van der Waals surface area contributed by atoms with Gasteiger partial charge in [-0.05, 0) is 23.6 Å². The summed E-state index contributed by atoms with van der Waals surface area (Å²) in [6.45, 7) is 0.707. The van der Waals surface area contributed by atoms with Gasteiger partial charge in [-0.3, -0.25) is 9.97 Å². The molecule has 5 aromatic rings. The van der Waals surface area contributed by atoms with Gasteiger partial charge in [0.1, 0.15) is 11.7 Å². The highest BCUT2D eigenvalue weighted by atomic mass is 16.4. The average molecular weight is 395 g/mol. The highest BCUT2D eigenvalue weighted by molar-refractivity contribution is 5.82. The monoisotopic (exact) mass is 395 g/mol. The van der Waals surface area contributed by atoms with E-state index in [4.69, 9.17) is 9.40 Å². The molecule has 0 saturated carbocycles. The fourth-order valence-corrected chi connectivity index (χ4v) is 3.96. The number of benzene rings is 1. The normalized spacial score (nSPS) is 16.0. The zero-order chi connectivity index (χ0) is 19.9. The summed E-state index contributed by atoms with van der Waals surface area (Å²) >= 11 is 0. The summed E-state index contributed by atoms with van der Waals surface area (Å²) in [6, 6.07) is 16.1. The first-order valence-electron chi connectivity index (χ1n) is 9.75. The summed E-state index contributed by atoms with van der Waals surface area (Å²) in [7, 11) is 0. The Morgan fingerprint density at radius 3 is 2.77 bits per heavy atom. The number of hydrogen-bond donors (Lipinski definition) is 1. The third-order valence-corrected chi connectivity index (χ3v) is 5.40. The van der Waals surface area contributed by atoms with E-state index in [0.717, 1.165) is 34.3 Å². The number of nitrogens with one attached hydrogen (secondary N) is 1. The van der Waals surface area contributed by atoms with Crippen LogP contribution in [0.15, 0.2) is 71.7 Å². The lowest BCUT2D eigenvalue weighted by molar-refractivity contribution is 0.504. The molecule has 0 amide bonds. The molecule has 30 heavy (non-hydrogen) atoms. The van der Waals surface area contributed by atoms with E-state index in [-0.39, 0.29) is 6.04 Å². The molecule has 0 saturated heterocycles. The van der Waals surface area contributed by atoms with Crippen LogP contribution in [0.4, 0.5) is 6.01 Å². The number of imidazole rings is 1. The van der Waals surface area contributed by atoms with Crippen LogP contribution in [0.3, 0.4) is 0 Å². The van der Waals surface area contributed by atoms with E-state index in [2.05, 4.69) is 48.2 Å². The van der Waals surface area contributed by atoms with E-state index >= 15 is 0 Å². The van der Waals surface area contributed by atoms with Gasteiger partial charge < -0.3 is 14.3 Å². The molecule has 8 heteroatoms. The molecule has 0 spiro atoms. The van der Waals surface area contributed by atoms with E-state index in [1.165, 1.54) is 0 Å². The second-order valence-corrected chi connectivity index (χ2v) is 7.17. The molecule has 8 nitrogen and oxygen atoms in total. The molecule has 1 aliphatic rings. The smallest absolute Gasteiger partial charge is 0.319 e. The van der Waals surface area contributed by atoms with E-state index in [1.807, 2.05) is 36.5 Å². The predicted molar refractivity (Wildman–Crippen MR) is 111 cm³/mol. The van der Waals surface area contributed by atoms with Crippen LogP contribution in [0.2, 0.25) is 0 Å². The Morgan fingerprint density at radius 2 is 1.87 bits per heavy atom. The lowest BCUT2D eigenvalue weighted by atomic mass is 9.98. The van der Waals surface area contributed by atoms with Gasteiger partial charge in [-0.25, -0.2) is 4.98 Å². The van der Waals surface area contributed by atoms with Crippen LogP contribution in [-0.2, 0) is 6.42 Å². The van der Waals surface area contributed by atoms with E-state index in [0.29, 0.717) is 24.1 Å². The van der Waals surface area contributed by atoms with Crippen LogP contribution in [0, 0.1) is 0 Å². The van der Waals surface area contributed by atoms with Crippen molar-refractivity contribution >= 4 is 16.8 Å². The van der Waals surface area contributed by atoms with Crippen molar-refractivity contribution in [1.29, 1.82) is 0 Å². The number of pyridine rings is 2. The molecule has 6 rings (SSSR count). The van der Waals surface area contributed by atoms with Gasteiger partial charge in [-0.15, -0.1) is 5.10 Å². The van der Waals surface area contributed by atoms with Crippen LogP contribution in [0.1, 0.15) is 23.1 Å². The number of anilines is 1. The van der Waals surface area contributed by atoms with Crippen molar-refractivity contribution in [2.24, 2.45) is 0 Å². The summed E-state index contributed by atoms with van der Waals surface area (Å²) in [6.07, 6.45) is 6.14. The first-order valence-corrected chi connectivity index (χ1v) is 9.75. The largest absolute Gasteiger partial charge is 0.402 e. The second kappa shape index (κ2) is 6.77. The lowest BCUT2D eigenvalue weighted by Gasteiger charge is -2.33. The van der Waals surface area contributed by atoms with Crippen molar-refractivity contribution in [3.63, 3.8) is 0 Å². The van der Waals surface area contributed by atoms with Crippen molar-refractivity contribution in [3.05, 3.63) is 84.3 Å². The summed E-state index contributed by atoms with van der Waals surface area (Å²) in [5.41, 5.74) is 3.57. The van der Waals surface area contributed by atoms with Crippen LogP contribution in [0.5, 0.6) is 0 Å². The molecule has 1 N–H and O–H groups in total. The van der Waals surface area contributed by atoms with Crippen molar-refractivity contribution in [2.75, 3.05) is 11.4 Å². The number of hydrogen-bond acceptors (Lipinski definition) is 7. The van der Waals surface area contributed by atoms with Gasteiger partial charge in [0.05, 0.1) is 17.7 Å². The predicted octanol–water partition coefficient (Wildman–Crippen LogP) is 3.56. The van der Waals surface area contributed by atoms with Gasteiger partial charge in [0.15, 0.2) is 0 Å². The first-order chi connectivity index (χ1) is 14.9. The molecule has 0 aliphatic carbocycles. The Balaban J connectivity index is 1.45. The zero-order valence-corrected chi connectivity index (χ0v) is 15.9. The van der Waals surface area contributed by atoms with Crippen LogP contribution in [0.25, 0.3) is 22.4 Å². The minimum absolute atomic E-state index is 0.221. The Hall–Kier alpha value is -4.07. The maximum absolute atomic E-state index is 6.02. The van der Waals surface area contributed by atoms with Gasteiger partial charge in [-0.2, -0.15) is 0 Å². The number of rotatable bonds is 3. The fourth-order valence-electron chi connectivity index (χ4n) is 3.96. The number of H-pyrrole nitrogens is 1. The molecule has 5 heterocycles. The Kier molecular flexibility index (Phi) is 3.80. The third kappa shape index (κ3) is 2.73. The van der Waals surface area contributed by atoms with Gasteiger partial charge in [0.25, 0.3) is 5.89 Å². The molecule has 0 fully saturated rings. The quantitative estimate of drug-likeness (QED) is 0.499. The van der Waals surface area contributed by atoms with Gasteiger partial charge in [-0.1, -0.05) is 35.4 Å². The molecule has 1 atom stereocenters. The average Bonchev–Trinajstić information content (AvgIpc) is 3.48. The van der Waals surface area contributed by atoms with Crippen molar-refractivity contribution < 1.29 is 4.42 Å². The zero-order valence-electron chi connectivity index (χ0n) is 15.9. The van der Waals surface area contributed by atoms with E-state index in [9.17, 15) is 0 Å². The number of aromatic amines is 1. The summed E-state index contributed by atoms with van der Waals surface area (Å²) in [4.78, 5) is 19.0. The molecular weight excluding hydrogens is 378 g/mol. The molecule has 0 bridgehead atoms. The Morgan fingerprint density at radius 1 is 0.967 bits per heavy atom. The van der Waals surface area contributed by atoms with E-state index in [1.54, 1.807) is 12.5 Å². The van der Waals surface area contributed by atoms with Crippen LogP contribution in [-0.4, -0.2) is 36.7 Å². The van der Waals surface area contributed by atoms with Crippen LogP contribution >= 0.6 is 0 Å². The number of aromatic nitrogens is 6. The minimum atomic E-state index is -0.221. The highest BCUT2D eigenvalue weighted by Crippen LogP contribution is 2.36. The molecule has 1 aliphatic heterocycles. The third-order valence-electron chi connectivity index (χ3n) is 5.40. The highest BCUT2D eigenvalue weighted by Gasteiger charge is 2.35. The maximum Gasteiger partial charge on any atom is 0.319 e. The Bertz CT molecular complexity index is 1330. The number of nitrogens with zero attached hydrogens (tertiary/aromatic N) is 6. The Labute approximate surface area is 171 Å². The standard InChI is InChI=1S/C22H17N7O/c1-2-6-15-12-24-18(11-14(15)5-1)20-19-16(25-13-26-19)8-10-29(20)22-28-27-21(30-22)17-7-3-4-9-23-17/h1-7,9,11-13,20H,8,10H2,(H,25,26). The first kappa shape index (κ1) is 16.8. The summed E-state index contributed by atoms with van der Waals surface area (Å²) in [5.74, 6) is 0.392. The van der Waals surface area contributed by atoms with Crippen molar-refractivity contribution in [1.82, 2.24) is 30.1 Å². The fraction of sp³-hybridized carbons (Fsp3) is 0.136. The lowest BCUT2D eigenvalue weighted by Crippen LogP contribution is -2.37. The second-order valence-electron chi connectivity index (χ2n) is 7.17. The molecule has 1 unspecified atom stereocenters. The van der Waals surface area contributed by atoms with Crippen molar-refractivity contribution in [2.45, 2.75) is 12.5 Å². The summed E-state index contributed by atoms with van der Waals surface area (Å²) in [5, 5.41) is 10.8. The summed E-state index contributed by atoms with van der Waals surface area (Å²) < 4.78 is 6.02. The molecule has 146 valence electrons. The van der Waals surface area contributed by atoms with Gasteiger partial charge in [0.2, 0.25) is 0 Å². The van der Waals surface area contributed by atoms with Gasteiger partial charge >= 0.3 is 6.01 Å². The molecular formula is C22H17N7O. The minimum Gasteiger partial charge on any atom is -0.402 e. The SMILES string of the molecule is c1ccc(-c2nnc(N3CCc4[nH]cnc4C3c3cc4ccccc4cn3)o2)nc1. The number of fused-ring (bicyclic) bond motifs is 2. The van der Waals surface area contributed by atoms with Crippen LogP contribution < -0.4 is 4.90 Å².